The summed E-state index contributed by atoms with van der Waals surface area (Å²) in [5, 5.41) is 2.39. The molecule has 0 saturated heterocycles. The molecule has 104 valence electrons. The zero-order valence-corrected chi connectivity index (χ0v) is 13.7. The van der Waals surface area contributed by atoms with Gasteiger partial charge in [-0.15, -0.1) is 23.5 Å². The van der Waals surface area contributed by atoms with Crippen molar-refractivity contribution in [2.24, 2.45) is 0 Å². The van der Waals surface area contributed by atoms with E-state index in [2.05, 4.69) is 62.1 Å². The number of thiol groups is 1. The Morgan fingerprint density at radius 2 is 1.79 bits per heavy atom. The summed E-state index contributed by atoms with van der Waals surface area (Å²) in [6.45, 7) is 4.87. The number of carbonyl (C=O) groups is 1. The van der Waals surface area contributed by atoms with Crippen LogP contribution in [-0.2, 0) is 0 Å². The van der Waals surface area contributed by atoms with Crippen molar-refractivity contribution in [2.75, 3.05) is 18.1 Å². The van der Waals surface area contributed by atoms with Crippen LogP contribution in [0, 0.1) is 0 Å². The molecule has 1 aromatic carbocycles. The molecular weight excluding hydrogens is 294 g/mol. The summed E-state index contributed by atoms with van der Waals surface area (Å²) < 4.78 is 0. The number of carbonyl (C=O) groups excluding carboxylic acids is 1. The Bertz CT molecular complexity index is 425. The van der Waals surface area contributed by atoms with Gasteiger partial charge in [-0.05, 0) is 38.1 Å². The van der Waals surface area contributed by atoms with Gasteiger partial charge in [-0.2, -0.15) is 0 Å². The highest BCUT2D eigenvalue weighted by molar-refractivity contribution is 7.99. The van der Waals surface area contributed by atoms with Crippen LogP contribution >= 0.6 is 36.2 Å². The number of amides is 1. The van der Waals surface area contributed by atoms with Crippen LogP contribution in [0.25, 0.3) is 0 Å². The van der Waals surface area contributed by atoms with E-state index in [1.807, 2.05) is 11.8 Å². The Kier molecular flexibility index (Phi) is 8.18. The lowest BCUT2D eigenvalue weighted by molar-refractivity contribution is 0.261. The van der Waals surface area contributed by atoms with Crippen LogP contribution < -0.4 is 5.32 Å². The third-order valence-electron chi connectivity index (χ3n) is 2.21. The minimum Gasteiger partial charge on any atom is -0.346 e. The molecule has 0 atom stereocenters. The van der Waals surface area contributed by atoms with Gasteiger partial charge in [0.05, 0.1) is 0 Å². The van der Waals surface area contributed by atoms with E-state index in [-0.39, 0.29) is 5.24 Å². The van der Waals surface area contributed by atoms with Gasteiger partial charge in [0.2, 0.25) is 0 Å². The van der Waals surface area contributed by atoms with Crippen LogP contribution in [0.2, 0.25) is 0 Å². The highest BCUT2D eigenvalue weighted by Crippen LogP contribution is 2.23. The smallest absolute Gasteiger partial charge is 0.276 e. The number of allylic oxidation sites excluding steroid dienone is 1. The highest BCUT2D eigenvalue weighted by atomic mass is 32.2. The second-order valence-electron chi connectivity index (χ2n) is 4.14. The molecular formula is C14H19NOS3. The quantitative estimate of drug-likeness (QED) is 0.337. The fraction of sp³-hybridized carbons (Fsp3) is 0.357. The zero-order valence-electron chi connectivity index (χ0n) is 11.2. The molecule has 19 heavy (non-hydrogen) atoms. The van der Waals surface area contributed by atoms with Gasteiger partial charge >= 0.3 is 0 Å². The normalized spacial score (nSPS) is 10.1. The molecule has 0 aliphatic heterocycles. The molecule has 0 aliphatic carbocycles. The fourth-order valence-corrected chi connectivity index (χ4v) is 3.08. The van der Waals surface area contributed by atoms with Gasteiger partial charge in [0, 0.05) is 27.8 Å². The van der Waals surface area contributed by atoms with Crippen molar-refractivity contribution in [1.82, 2.24) is 5.32 Å². The minimum atomic E-state index is -0.272. The standard InChI is InChI=1S/C14H19NOS3/c1-11(2)7-9-18-12-3-5-13(6-4-12)19-10-8-15-14(16)17/h3-7H,8-10H2,1-2H3,(H2,15,16,17). The molecule has 0 saturated carbocycles. The summed E-state index contributed by atoms with van der Waals surface area (Å²) in [4.78, 5) is 13.1. The Balaban J connectivity index is 2.31. The predicted molar refractivity (Wildman–Crippen MR) is 89.7 cm³/mol. The van der Waals surface area contributed by atoms with Crippen molar-refractivity contribution in [2.45, 2.75) is 23.6 Å². The van der Waals surface area contributed by atoms with E-state index < -0.39 is 0 Å². The predicted octanol–water partition coefficient (Wildman–Crippen LogP) is 4.48. The second kappa shape index (κ2) is 9.39. The summed E-state index contributed by atoms with van der Waals surface area (Å²) >= 11 is 7.22. The number of hydrogen-bond donors (Lipinski definition) is 2. The first-order chi connectivity index (χ1) is 9.08. The molecule has 1 rings (SSSR count). The fourth-order valence-electron chi connectivity index (χ4n) is 1.26. The molecule has 0 fully saturated rings. The van der Waals surface area contributed by atoms with E-state index in [4.69, 9.17) is 0 Å². The first kappa shape index (κ1) is 16.5. The van der Waals surface area contributed by atoms with Gasteiger partial charge in [0.25, 0.3) is 5.24 Å². The number of thioether (sulfide) groups is 2. The maximum absolute atomic E-state index is 10.6. The third-order valence-corrected chi connectivity index (χ3v) is 4.32. The Hall–Kier alpha value is -0.520. The molecule has 0 spiro atoms. The lowest BCUT2D eigenvalue weighted by Gasteiger charge is -2.04. The van der Waals surface area contributed by atoms with Crippen molar-refractivity contribution >= 4 is 41.4 Å². The maximum Gasteiger partial charge on any atom is 0.276 e. The topological polar surface area (TPSA) is 29.1 Å². The van der Waals surface area contributed by atoms with Crippen LogP contribution in [0.5, 0.6) is 0 Å². The van der Waals surface area contributed by atoms with Crippen molar-refractivity contribution in [3.8, 4) is 0 Å². The van der Waals surface area contributed by atoms with Gasteiger partial charge in [-0.3, -0.25) is 4.79 Å². The molecule has 0 heterocycles. The lowest BCUT2D eigenvalue weighted by Crippen LogP contribution is -2.19. The van der Waals surface area contributed by atoms with Crippen molar-refractivity contribution in [3.05, 3.63) is 35.9 Å². The molecule has 0 aromatic heterocycles. The number of rotatable bonds is 7. The number of benzene rings is 1. The largest absolute Gasteiger partial charge is 0.346 e. The van der Waals surface area contributed by atoms with E-state index in [1.165, 1.54) is 15.4 Å². The average molecular weight is 314 g/mol. The first-order valence-corrected chi connectivity index (χ1v) is 8.45. The first-order valence-electron chi connectivity index (χ1n) is 6.04. The molecule has 0 aliphatic rings. The van der Waals surface area contributed by atoms with Crippen LogP contribution in [-0.4, -0.2) is 23.3 Å². The summed E-state index contributed by atoms with van der Waals surface area (Å²) in [6, 6.07) is 8.53. The molecule has 1 N–H and O–H groups in total. The Morgan fingerprint density at radius 3 is 2.32 bits per heavy atom. The van der Waals surface area contributed by atoms with E-state index in [0.717, 1.165) is 11.5 Å². The van der Waals surface area contributed by atoms with Crippen LogP contribution in [0.1, 0.15) is 13.8 Å². The summed E-state index contributed by atoms with van der Waals surface area (Å²) in [5.41, 5.74) is 1.35. The minimum absolute atomic E-state index is 0.272. The molecule has 0 radical (unpaired) electrons. The SMILES string of the molecule is CC(C)=CCSc1ccc(SCCNC(=O)S)cc1. The van der Waals surface area contributed by atoms with E-state index in [1.54, 1.807) is 11.8 Å². The molecule has 1 aromatic rings. The van der Waals surface area contributed by atoms with Crippen molar-refractivity contribution < 1.29 is 4.79 Å². The zero-order chi connectivity index (χ0) is 14.1. The van der Waals surface area contributed by atoms with Gasteiger partial charge < -0.3 is 5.32 Å². The monoisotopic (exact) mass is 313 g/mol. The molecule has 0 bridgehead atoms. The van der Waals surface area contributed by atoms with Gasteiger partial charge in [0.1, 0.15) is 0 Å². The third kappa shape index (κ3) is 8.29. The molecule has 1 amide bonds. The second-order valence-corrected chi connectivity index (χ2v) is 6.81. The highest BCUT2D eigenvalue weighted by Gasteiger charge is 1.97. The Morgan fingerprint density at radius 1 is 1.21 bits per heavy atom. The van der Waals surface area contributed by atoms with E-state index >= 15 is 0 Å². The van der Waals surface area contributed by atoms with Crippen LogP contribution in [0.3, 0.4) is 0 Å². The summed E-state index contributed by atoms with van der Waals surface area (Å²) in [6.07, 6.45) is 2.23. The maximum atomic E-state index is 10.6. The van der Waals surface area contributed by atoms with E-state index in [0.29, 0.717) is 6.54 Å². The van der Waals surface area contributed by atoms with Crippen molar-refractivity contribution in [1.29, 1.82) is 0 Å². The van der Waals surface area contributed by atoms with Gasteiger partial charge in [-0.1, -0.05) is 24.3 Å². The molecule has 5 heteroatoms. The van der Waals surface area contributed by atoms with Crippen LogP contribution in [0.4, 0.5) is 4.79 Å². The molecule has 0 unspecified atom stereocenters. The average Bonchev–Trinajstić information content (AvgIpc) is 2.36. The number of nitrogens with one attached hydrogen (secondary N) is 1. The van der Waals surface area contributed by atoms with Gasteiger partial charge in [-0.25, -0.2) is 0 Å². The summed E-state index contributed by atoms with van der Waals surface area (Å²) in [7, 11) is 0. The van der Waals surface area contributed by atoms with Gasteiger partial charge in [0.15, 0.2) is 0 Å². The lowest BCUT2D eigenvalue weighted by atomic mass is 10.3. The number of hydrogen-bond acceptors (Lipinski definition) is 3. The van der Waals surface area contributed by atoms with Crippen molar-refractivity contribution in [3.63, 3.8) is 0 Å². The van der Waals surface area contributed by atoms with E-state index in [9.17, 15) is 4.79 Å². The summed E-state index contributed by atoms with van der Waals surface area (Å²) in [5.74, 6) is 1.87. The van der Waals surface area contributed by atoms with Crippen LogP contribution in [0.15, 0.2) is 45.7 Å². The molecule has 2 nitrogen and oxygen atoms in total. The Labute approximate surface area is 129 Å².